The van der Waals surface area contributed by atoms with Crippen LogP contribution in [0, 0.1) is 31.6 Å². The number of ether oxygens (including phenoxy) is 1. The summed E-state index contributed by atoms with van der Waals surface area (Å²) in [5.74, 6) is 0.912. The molecule has 1 fully saturated rings. The van der Waals surface area contributed by atoms with Crippen LogP contribution in [-0.2, 0) is 21.4 Å². The van der Waals surface area contributed by atoms with E-state index in [1.165, 1.54) is 0 Å². The van der Waals surface area contributed by atoms with Gasteiger partial charge in [0.1, 0.15) is 5.75 Å². The van der Waals surface area contributed by atoms with Crippen LogP contribution in [0.3, 0.4) is 0 Å². The van der Waals surface area contributed by atoms with E-state index in [-0.39, 0.29) is 35.2 Å². The molecule has 9 heteroatoms. The van der Waals surface area contributed by atoms with E-state index in [9.17, 15) is 13.2 Å². The predicted octanol–water partition coefficient (Wildman–Crippen LogP) is 4.48. The van der Waals surface area contributed by atoms with Gasteiger partial charge in [0.05, 0.1) is 4.90 Å². The molecule has 4 rings (SSSR count). The van der Waals surface area contributed by atoms with Crippen molar-refractivity contribution in [3.63, 3.8) is 0 Å². The monoisotopic (exact) mass is 592 g/mol. The number of nitrogen functional groups attached to an aromatic ring is 1. The molecule has 8 nitrogen and oxygen atoms in total. The first kappa shape index (κ1) is 31.5. The SMILES string of the molecule is Cc1cccc(C)c1OCC(=O)N(Cc1ccccc1)CC1CNC[C@H]1CN(CC(C)C)S(=O)(=O)c1ccc(N)cc1. The number of carbonyl (C=O) groups is 1. The van der Waals surface area contributed by atoms with Gasteiger partial charge in [0.25, 0.3) is 5.91 Å². The molecule has 0 radical (unpaired) electrons. The van der Waals surface area contributed by atoms with E-state index >= 15 is 0 Å². The van der Waals surface area contributed by atoms with Crippen molar-refractivity contribution >= 4 is 21.6 Å². The van der Waals surface area contributed by atoms with Gasteiger partial charge >= 0.3 is 0 Å². The molecule has 0 bridgehead atoms. The highest BCUT2D eigenvalue weighted by atomic mass is 32.2. The molecular formula is C33H44N4O4S. The number of hydrogen-bond donors (Lipinski definition) is 2. The van der Waals surface area contributed by atoms with Crippen LogP contribution in [0.15, 0.2) is 77.7 Å². The molecule has 42 heavy (non-hydrogen) atoms. The van der Waals surface area contributed by atoms with E-state index < -0.39 is 10.0 Å². The zero-order chi connectivity index (χ0) is 30.3. The molecule has 3 aromatic carbocycles. The standard InChI is InChI=1S/C33H44N4O4S/c1-24(2)19-37(42(39,40)31-15-13-30(34)14-16-31)22-29-18-35-17-28(29)21-36(20-27-11-6-5-7-12-27)32(38)23-41-33-25(3)9-8-10-26(33)4/h5-16,24,28-29,35H,17-23,34H2,1-4H3/t28?,29-/m0/s1. The van der Waals surface area contributed by atoms with E-state index in [4.69, 9.17) is 10.5 Å². The van der Waals surface area contributed by atoms with Crippen LogP contribution in [0.25, 0.3) is 0 Å². The van der Waals surface area contributed by atoms with Crippen LogP contribution in [0.2, 0.25) is 0 Å². The lowest BCUT2D eigenvalue weighted by molar-refractivity contribution is -0.134. The van der Waals surface area contributed by atoms with Crippen molar-refractivity contribution in [2.24, 2.45) is 17.8 Å². The van der Waals surface area contributed by atoms with Crippen LogP contribution < -0.4 is 15.8 Å². The lowest BCUT2D eigenvalue weighted by Crippen LogP contribution is -2.43. The normalized spacial score (nSPS) is 17.1. The third kappa shape index (κ3) is 8.12. The fraction of sp³-hybridized carbons (Fsp3) is 0.424. The lowest BCUT2D eigenvalue weighted by atomic mass is 9.94. The molecule has 0 aliphatic carbocycles. The summed E-state index contributed by atoms with van der Waals surface area (Å²) in [6, 6.07) is 22.2. The third-order valence-electron chi connectivity index (χ3n) is 7.78. The van der Waals surface area contributed by atoms with Crippen molar-refractivity contribution in [2.45, 2.75) is 39.1 Å². The third-order valence-corrected chi connectivity index (χ3v) is 9.62. The summed E-state index contributed by atoms with van der Waals surface area (Å²) < 4.78 is 35.1. The fourth-order valence-corrected chi connectivity index (χ4v) is 7.20. The zero-order valence-corrected chi connectivity index (χ0v) is 25.9. The first-order chi connectivity index (χ1) is 20.0. The Morgan fingerprint density at radius 2 is 1.55 bits per heavy atom. The molecule has 1 aliphatic heterocycles. The molecule has 1 amide bonds. The van der Waals surface area contributed by atoms with Gasteiger partial charge in [0, 0.05) is 38.4 Å². The second-order valence-corrected chi connectivity index (χ2v) is 13.7. The topological polar surface area (TPSA) is 105 Å². The van der Waals surface area contributed by atoms with E-state index in [1.807, 2.05) is 81.1 Å². The molecule has 2 atom stereocenters. The molecule has 0 aromatic heterocycles. The minimum Gasteiger partial charge on any atom is -0.483 e. The van der Waals surface area contributed by atoms with Crippen molar-refractivity contribution in [1.82, 2.24) is 14.5 Å². The summed E-state index contributed by atoms with van der Waals surface area (Å²) in [7, 11) is -3.72. The molecule has 3 N–H and O–H groups in total. The number of carbonyl (C=O) groups excluding carboxylic acids is 1. The van der Waals surface area contributed by atoms with Crippen molar-refractivity contribution in [3.05, 3.63) is 89.5 Å². The summed E-state index contributed by atoms with van der Waals surface area (Å²) in [5.41, 5.74) is 9.35. The maximum absolute atomic E-state index is 13.7. The number of aryl methyl sites for hydroxylation is 2. The Balaban J connectivity index is 1.52. The highest BCUT2D eigenvalue weighted by molar-refractivity contribution is 7.89. The van der Waals surface area contributed by atoms with Gasteiger partial charge in [-0.25, -0.2) is 8.42 Å². The summed E-state index contributed by atoms with van der Waals surface area (Å²) >= 11 is 0. The van der Waals surface area contributed by atoms with Crippen LogP contribution in [-0.4, -0.2) is 62.9 Å². The molecule has 3 aromatic rings. The van der Waals surface area contributed by atoms with Gasteiger partial charge in [0.15, 0.2) is 6.61 Å². The second-order valence-electron chi connectivity index (χ2n) is 11.7. The fourth-order valence-electron chi connectivity index (χ4n) is 5.54. The average Bonchev–Trinajstić information content (AvgIpc) is 3.39. The Morgan fingerprint density at radius 3 is 2.17 bits per heavy atom. The highest BCUT2D eigenvalue weighted by Crippen LogP contribution is 2.26. The predicted molar refractivity (Wildman–Crippen MR) is 168 cm³/mol. The van der Waals surface area contributed by atoms with E-state index in [0.717, 1.165) is 22.4 Å². The summed E-state index contributed by atoms with van der Waals surface area (Å²) in [4.78, 5) is 15.7. The number of para-hydroxylation sites is 1. The molecule has 226 valence electrons. The van der Waals surface area contributed by atoms with Gasteiger partial charge in [-0.05, 0) is 79.1 Å². The number of anilines is 1. The minimum atomic E-state index is -3.72. The van der Waals surface area contributed by atoms with E-state index in [0.29, 0.717) is 45.0 Å². The van der Waals surface area contributed by atoms with Crippen LogP contribution in [0.5, 0.6) is 5.75 Å². The number of amides is 1. The van der Waals surface area contributed by atoms with Crippen molar-refractivity contribution < 1.29 is 17.9 Å². The zero-order valence-electron chi connectivity index (χ0n) is 25.1. The minimum absolute atomic E-state index is 0.0397. The molecule has 1 heterocycles. The van der Waals surface area contributed by atoms with Crippen LogP contribution in [0.4, 0.5) is 5.69 Å². The van der Waals surface area contributed by atoms with Gasteiger partial charge in [-0.15, -0.1) is 0 Å². The molecule has 1 unspecified atom stereocenters. The largest absolute Gasteiger partial charge is 0.483 e. The van der Waals surface area contributed by atoms with Gasteiger partial charge in [-0.3, -0.25) is 4.79 Å². The number of hydrogen-bond acceptors (Lipinski definition) is 6. The summed E-state index contributed by atoms with van der Waals surface area (Å²) in [5, 5.41) is 3.45. The Kier molecular flexibility index (Phi) is 10.6. The average molecular weight is 593 g/mol. The number of nitrogens with two attached hydrogens (primary N) is 1. The number of nitrogens with zero attached hydrogens (tertiary/aromatic N) is 2. The van der Waals surface area contributed by atoms with E-state index in [2.05, 4.69) is 5.32 Å². The Bertz CT molecular complexity index is 1410. The molecule has 0 saturated carbocycles. The Morgan fingerprint density at radius 1 is 0.929 bits per heavy atom. The van der Waals surface area contributed by atoms with E-state index in [1.54, 1.807) is 28.6 Å². The van der Waals surface area contributed by atoms with Gasteiger partial charge in [-0.2, -0.15) is 4.31 Å². The quantitative estimate of drug-likeness (QED) is 0.284. The number of rotatable bonds is 13. The summed E-state index contributed by atoms with van der Waals surface area (Å²) in [6.45, 7) is 11.1. The first-order valence-corrected chi connectivity index (χ1v) is 16.1. The van der Waals surface area contributed by atoms with Crippen LogP contribution in [0.1, 0.15) is 30.5 Å². The maximum atomic E-state index is 13.7. The molecule has 0 spiro atoms. The molecule has 1 aliphatic rings. The van der Waals surface area contributed by atoms with Crippen molar-refractivity contribution in [2.75, 3.05) is 45.1 Å². The smallest absolute Gasteiger partial charge is 0.260 e. The first-order valence-electron chi connectivity index (χ1n) is 14.6. The van der Waals surface area contributed by atoms with Gasteiger partial charge < -0.3 is 20.7 Å². The van der Waals surface area contributed by atoms with Gasteiger partial charge in [0.2, 0.25) is 10.0 Å². The number of nitrogens with one attached hydrogen (secondary N) is 1. The van der Waals surface area contributed by atoms with Crippen molar-refractivity contribution in [3.8, 4) is 5.75 Å². The molecular weight excluding hydrogens is 548 g/mol. The van der Waals surface area contributed by atoms with Gasteiger partial charge in [-0.1, -0.05) is 62.4 Å². The number of sulfonamides is 1. The second kappa shape index (κ2) is 14.2. The van der Waals surface area contributed by atoms with Crippen molar-refractivity contribution in [1.29, 1.82) is 0 Å². The molecule has 1 saturated heterocycles. The maximum Gasteiger partial charge on any atom is 0.260 e. The Hall–Kier alpha value is -3.40. The lowest BCUT2D eigenvalue weighted by Gasteiger charge is -2.32. The van der Waals surface area contributed by atoms with Crippen LogP contribution >= 0.6 is 0 Å². The highest BCUT2D eigenvalue weighted by Gasteiger charge is 2.35. The Labute approximate surface area is 250 Å². The number of benzene rings is 3. The summed E-state index contributed by atoms with van der Waals surface area (Å²) in [6.07, 6.45) is 0.